The van der Waals surface area contributed by atoms with Crippen molar-refractivity contribution in [2.45, 2.75) is 25.9 Å². The third-order valence-electron chi connectivity index (χ3n) is 2.84. The molecular formula is C14H16FNO. The standard InChI is InChI=1S/C14H16FNO/c1-10(12-5-7-13(15)8-6-12)16-11(2)14-4-3-9-17-14/h3-11,16H,1-2H3. The maximum atomic E-state index is 12.8. The van der Waals surface area contributed by atoms with Crippen LogP contribution < -0.4 is 5.32 Å². The molecule has 0 fully saturated rings. The fourth-order valence-electron chi connectivity index (χ4n) is 1.84. The number of furan rings is 1. The van der Waals surface area contributed by atoms with E-state index < -0.39 is 0 Å². The minimum absolute atomic E-state index is 0.130. The summed E-state index contributed by atoms with van der Waals surface area (Å²) in [5.41, 5.74) is 1.06. The van der Waals surface area contributed by atoms with Gasteiger partial charge in [0.25, 0.3) is 0 Å². The van der Waals surface area contributed by atoms with Gasteiger partial charge in [0.1, 0.15) is 11.6 Å². The fraction of sp³-hybridized carbons (Fsp3) is 0.286. The molecule has 2 unspecified atom stereocenters. The third kappa shape index (κ3) is 2.94. The van der Waals surface area contributed by atoms with Gasteiger partial charge in [0.05, 0.1) is 12.3 Å². The van der Waals surface area contributed by atoms with Crippen LogP contribution in [0.25, 0.3) is 0 Å². The lowest BCUT2D eigenvalue weighted by Crippen LogP contribution is -2.22. The summed E-state index contributed by atoms with van der Waals surface area (Å²) in [6.07, 6.45) is 1.66. The maximum Gasteiger partial charge on any atom is 0.123 e. The van der Waals surface area contributed by atoms with E-state index in [9.17, 15) is 4.39 Å². The van der Waals surface area contributed by atoms with Gasteiger partial charge < -0.3 is 9.73 Å². The highest BCUT2D eigenvalue weighted by molar-refractivity contribution is 5.19. The second-order valence-corrected chi connectivity index (χ2v) is 4.18. The maximum absolute atomic E-state index is 12.8. The molecule has 2 atom stereocenters. The minimum atomic E-state index is -0.208. The van der Waals surface area contributed by atoms with Crippen LogP contribution in [0.2, 0.25) is 0 Å². The van der Waals surface area contributed by atoms with Gasteiger partial charge in [-0.05, 0) is 43.7 Å². The molecule has 0 aliphatic carbocycles. The molecule has 0 radical (unpaired) electrons. The summed E-state index contributed by atoms with van der Waals surface area (Å²) >= 11 is 0. The zero-order valence-electron chi connectivity index (χ0n) is 9.98. The van der Waals surface area contributed by atoms with Crippen LogP contribution in [0.15, 0.2) is 47.1 Å². The van der Waals surface area contributed by atoms with Crippen LogP contribution in [0.3, 0.4) is 0 Å². The average Bonchev–Trinajstić information content (AvgIpc) is 2.83. The van der Waals surface area contributed by atoms with E-state index in [1.807, 2.05) is 26.0 Å². The molecule has 1 aromatic heterocycles. The number of rotatable bonds is 4. The Labute approximate surface area is 100 Å². The lowest BCUT2D eigenvalue weighted by atomic mass is 10.1. The van der Waals surface area contributed by atoms with E-state index in [-0.39, 0.29) is 17.9 Å². The van der Waals surface area contributed by atoms with Crippen LogP contribution in [-0.4, -0.2) is 0 Å². The molecule has 0 saturated heterocycles. The van der Waals surface area contributed by atoms with Gasteiger partial charge in [-0.25, -0.2) is 4.39 Å². The Morgan fingerprint density at radius 3 is 2.35 bits per heavy atom. The lowest BCUT2D eigenvalue weighted by molar-refractivity contribution is 0.403. The third-order valence-corrected chi connectivity index (χ3v) is 2.84. The van der Waals surface area contributed by atoms with Crippen molar-refractivity contribution < 1.29 is 8.81 Å². The Bertz CT molecular complexity index is 450. The smallest absolute Gasteiger partial charge is 0.123 e. The zero-order chi connectivity index (χ0) is 12.3. The number of hydrogen-bond donors (Lipinski definition) is 1. The molecule has 1 heterocycles. The first-order valence-electron chi connectivity index (χ1n) is 5.71. The van der Waals surface area contributed by atoms with Gasteiger partial charge >= 0.3 is 0 Å². The Hall–Kier alpha value is -1.61. The second kappa shape index (κ2) is 5.15. The van der Waals surface area contributed by atoms with Crippen molar-refractivity contribution in [1.29, 1.82) is 0 Å². The van der Waals surface area contributed by atoms with Crippen molar-refractivity contribution in [2.24, 2.45) is 0 Å². The van der Waals surface area contributed by atoms with E-state index in [0.29, 0.717) is 0 Å². The molecule has 90 valence electrons. The largest absolute Gasteiger partial charge is 0.468 e. The van der Waals surface area contributed by atoms with Gasteiger partial charge in [-0.2, -0.15) is 0 Å². The molecule has 3 heteroatoms. The molecule has 2 nitrogen and oxygen atoms in total. The van der Waals surface area contributed by atoms with E-state index >= 15 is 0 Å². The van der Waals surface area contributed by atoms with Crippen LogP contribution in [-0.2, 0) is 0 Å². The van der Waals surface area contributed by atoms with Gasteiger partial charge in [-0.3, -0.25) is 0 Å². The van der Waals surface area contributed by atoms with Crippen molar-refractivity contribution in [2.75, 3.05) is 0 Å². The van der Waals surface area contributed by atoms with Gasteiger partial charge in [0.2, 0.25) is 0 Å². The lowest BCUT2D eigenvalue weighted by Gasteiger charge is -2.18. The molecule has 1 aromatic carbocycles. The Balaban J connectivity index is 2.01. The number of halogens is 1. The summed E-state index contributed by atoms with van der Waals surface area (Å²) < 4.78 is 18.1. The monoisotopic (exact) mass is 233 g/mol. The molecule has 0 spiro atoms. The van der Waals surface area contributed by atoms with Gasteiger partial charge in [0, 0.05) is 6.04 Å². The topological polar surface area (TPSA) is 25.2 Å². The van der Waals surface area contributed by atoms with Crippen molar-refractivity contribution in [3.8, 4) is 0 Å². The second-order valence-electron chi connectivity index (χ2n) is 4.18. The van der Waals surface area contributed by atoms with Gasteiger partial charge in [0.15, 0.2) is 0 Å². The number of benzene rings is 1. The summed E-state index contributed by atoms with van der Waals surface area (Å²) in [5, 5.41) is 3.40. The highest BCUT2D eigenvalue weighted by Gasteiger charge is 2.12. The SMILES string of the molecule is CC(NC(C)c1ccco1)c1ccc(F)cc1. The van der Waals surface area contributed by atoms with Crippen molar-refractivity contribution in [3.05, 3.63) is 59.8 Å². The Kier molecular flexibility index (Phi) is 3.59. The summed E-state index contributed by atoms with van der Waals surface area (Å²) in [5.74, 6) is 0.694. The molecule has 2 rings (SSSR count). The molecule has 0 bridgehead atoms. The molecule has 0 saturated carbocycles. The first-order chi connectivity index (χ1) is 8.16. The quantitative estimate of drug-likeness (QED) is 0.868. The zero-order valence-corrected chi connectivity index (χ0v) is 9.98. The minimum Gasteiger partial charge on any atom is -0.468 e. The van der Waals surface area contributed by atoms with Gasteiger partial charge in [-0.1, -0.05) is 12.1 Å². The average molecular weight is 233 g/mol. The van der Waals surface area contributed by atoms with Crippen molar-refractivity contribution in [3.63, 3.8) is 0 Å². The van der Waals surface area contributed by atoms with Crippen LogP contribution in [0.1, 0.15) is 37.3 Å². The van der Waals surface area contributed by atoms with E-state index in [0.717, 1.165) is 11.3 Å². The molecule has 0 aliphatic heterocycles. The highest BCUT2D eigenvalue weighted by Crippen LogP contribution is 2.19. The first kappa shape index (κ1) is 11.9. The fourth-order valence-corrected chi connectivity index (χ4v) is 1.84. The van der Waals surface area contributed by atoms with E-state index in [4.69, 9.17) is 4.42 Å². The first-order valence-corrected chi connectivity index (χ1v) is 5.71. The summed E-state index contributed by atoms with van der Waals surface area (Å²) in [6.45, 7) is 4.09. The van der Waals surface area contributed by atoms with Crippen LogP contribution in [0, 0.1) is 5.82 Å². The van der Waals surface area contributed by atoms with Gasteiger partial charge in [-0.15, -0.1) is 0 Å². The van der Waals surface area contributed by atoms with E-state index in [1.54, 1.807) is 18.4 Å². The molecule has 0 amide bonds. The Morgan fingerprint density at radius 1 is 1.06 bits per heavy atom. The van der Waals surface area contributed by atoms with E-state index in [1.165, 1.54) is 12.1 Å². The van der Waals surface area contributed by atoms with Crippen molar-refractivity contribution in [1.82, 2.24) is 5.32 Å². The predicted molar refractivity (Wildman–Crippen MR) is 65.1 cm³/mol. The summed E-state index contributed by atoms with van der Waals surface area (Å²) in [6, 6.07) is 10.6. The number of hydrogen-bond acceptors (Lipinski definition) is 2. The number of nitrogens with one attached hydrogen (secondary N) is 1. The molecule has 1 N–H and O–H groups in total. The highest BCUT2D eigenvalue weighted by atomic mass is 19.1. The van der Waals surface area contributed by atoms with E-state index in [2.05, 4.69) is 5.32 Å². The normalized spacial score (nSPS) is 14.5. The molecule has 17 heavy (non-hydrogen) atoms. The van der Waals surface area contributed by atoms with Crippen LogP contribution in [0.4, 0.5) is 4.39 Å². The molecular weight excluding hydrogens is 217 g/mol. The van der Waals surface area contributed by atoms with Crippen LogP contribution in [0.5, 0.6) is 0 Å². The van der Waals surface area contributed by atoms with Crippen LogP contribution >= 0.6 is 0 Å². The summed E-state index contributed by atoms with van der Waals surface area (Å²) in [7, 11) is 0. The molecule has 0 aliphatic rings. The summed E-state index contributed by atoms with van der Waals surface area (Å²) in [4.78, 5) is 0. The Morgan fingerprint density at radius 2 is 1.76 bits per heavy atom. The predicted octanol–water partition coefficient (Wildman–Crippen LogP) is 3.83. The molecule has 2 aromatic rings. The van der Waals surface area contributed by atoms with Crippen molar-refractivity contribution >= 4 is 0 Å².